The highest BCUT2D eigenvalue weighted by atomic mass is 16.5. The highest BCUT2D eigenvalue weighted by molar-refractivity contribution is 6.17. The Morgan fingerprint density at radius 2 is 1.76 bits per heavy atom. The van der Waals surface area contributed by atoms with E-state index in [1.807, 2.05) is 45.0 Å². The Morgan fingerprint density at radius 1 is 1.03 bits per heavy atom. The van der Waals surface area contributed by atoms with Crippen LogP contribution in [-0.4, -0.2) is 42.5 Å². The Bertz CT molecular complexity index is 1330. The van der Waals surface area contributed by atoms with Gasteiger partial charge in [0.15, 0.2) is 11.0 Å². The Kier molecular flexibility index (Phi) is 5.09. The predicted molar refractivity (Wildman–Crippen MR) is 124 cm³/mol. The lowest BCUT2D eigenvalue weighted by Gasteiger charge is -2.34. The number of ether oxygens (including phenoxy) is 1. The molecule has 1 spiro atoms. The summed E-state index contributed by atoms with van der Waals surface area (Å²) in [5, 5.41) is 0.355. The maximum atomic E-state index is 14.1. The number of fused-ring (bicyclic) bond motifs is 5. The zero-order valence-corrected chi connectivity index (χ0v) is 19.0. The number of hydrogen-bond donors (Lipinski definition) is 0. The van der Waals surface area contributed by atoms with Crippen LogP contribution in [0, 0.1) is 0 Å². The molecule has 0 bridgehead atoms. The fourth-order valence-corrected chi connectivity index (χ4v) is 5.09. The summed E-state index contributed by atoms with van der Waals surface area (Å²) in [5.41, 5.74) is -0.0908. The van der Waals surface area contributed by atoms with E-state index in [0.29, 0.717) is 41.8 Å². The van der Waals surface area contributed by atoms with Gasteiger partial charge in [-0.2, -0.15) is 0 Å². The minimum absolute atomic E-state index is 0.0513. The molecule has 5 rings (SSSR count). The molecule has 0 fully saturated rings. The van der Waals surface area contributed by atoms with Crippen molar-refractivity contribution in [2.24, 2.45) is 0 Å². The molecule has 2 aliphatic rings. The maximum absolute atomic E-state index is 14.1. The molecule has 7 nitrogen and oxygen atoms in total. The van der Waals surface area contributed by atoms with E-state index in [2.05, 4.69) is 0 Å². The molecule has 0 N–H and O–H groups in total. The zero-order valence-electron chi connectivity index (χ0n) is 19.0. The Morgan fingerprint density at radius 3 is 2.52 bits per heavy atom. The molecule has 0 aliphatic carbocycles. The van der Waals surface area contributed by atoms with Crippen molar-refractivity contribution in [1.29, 1.82) is 0 Å². The van der Waals surface area contributed by atoms with E-state index < -0.39 is 11.4 Å². The lowest BCUT2D eigenvalue weighted by molar-refractivity contribution is -0.126. The van der Waals surface area contributed by atoms with E-state index in [-0.39, 0.29) is 35.3 Å². The third kappa shape index (κ3) is 2.88. The van der Waals surface area contributed by atoms with Crippen LogP contribution in [0.4, 0.5) is 5.69 Å². The molecule has 170 valence electrons. The monoisotopic (exact) mass is 446 g/mol. The second kappa shape index (κ2) is 7.85. The first-order valence-corrected chi connectivity index (χ1v) is 11.3. The fraction of sp³-hybridized carbons (Fsp3) is 0.346. The van der Waals surface area contributed by atoms with Crippen LogP contribution in [0.1, 0.15) is 48.9 Å². The van der Waals surface area contributed by atoms with Gasteiger partial charge in [-0.25, -0.2) is 0 Å². The third-order valence-electron chi connectivity index (χ3n) is 6.44. The van der Waals surface area contributed by atoms with Crippen molar-refractivity contribution in [3.63, 3.8) is 0 Å². The molecule has 3 heterocycles. The van der Waals surface area contributed by atoms with Gasteiger partial charge in [-0.15, -0.1) is 0 Å². The Hall–Kier alpha value is -3.45. The van der Waals surface area contributed by atoms with E-state index in [9.17, 15) is 14.4 Å². The van der Waals surface area contributed by atoms with Crippen molar-refractivity contribution in [3.8, 4) is 0 Å². The minimum atomic E-state index is -1.54. The number of rotatable bonds is 6. The number of para-hydroxylation sites is 2. The van der Waals surface area contributed by atoms with Crippen LogP contribution in [0.25, 0.3) is 11.0 Å². The molecule has 2 amide bonds. The molecule has 33 heavy (non-hydrogen) atoms. The Balaban J connectivity index is 1.77. The topological polar surface area (TPSA) is 80.1 Å². The molecule has 7 heteroatoms. The van der Waals surface area contributed by atoms with Gasteiger partial charge < -0.3 is 19.0 Å². The van der Waals surface area contributed by atoms with Crippen molar-refractivity contribution in [2.75, 3.05) is 24.6 Å². The first-order valence-electron chi connectivity index (χ1n) is 11.3. The number of anilines is 1. The molecule has 1 unspecified atom stereocenters. The molecular formula is C26H26N2O5. The second-order valence-electron chi connectivity index (χ2n) is 8.64. The average Bonchev–Trinajstić information content (AvgIpc) is 3.21. The highest BCUT2D eigenvalue weighted by Crippen LogP contribution is 2.52. The quantitative estimate of drug-likeness (QED) is 0.540. The lowest BCUT2D eigenvalue weighted by atomic mass is 9.84. The van der Waals surface area contributed by atoms with Crippen LogP contribution in [0.5, 0.6) is 0 Å². The largest absolute Gasteiger partial charge is 0.450 e. The first kappa shape index (κ1) is 21.4. The second-order valence-corrected chi connectivity index (χ2v) is 8.64. The molecule has 1 atom stereocenters. The normalized spacial score (nSPS) is 19.3. The van der Waals surface area contributed by atoms with Crippen LogP contribution < -0.4 is 10.3 Å². The van der Waals surface area contributed by atoms with Crippen molar-refractivity contribution in [1.82, 2.24) is 4.90 Å². The van der Waals surface area contributed by atoms with Gasteiger partial charge in [0.05, 0.1) is 22.7 Å². The van der Waals surface area contributed by atoms with Gasteiger partial charge in [0.1, 0.15) is 5.58 Å². The van der Waals surface area contributed by atoms with Crippen LogP contribution in [0.2, 0.25) is 0 Å². The summed E-state index contributed by atoms with van der Waals surface area (Å²) in [6.07, 6.45) is 0.581. The summed E-state index contributed by atoms with van der Waals surface area (Å²) in [7, 11) is 0. The van der Waals surface area contributed by atoms with E-state index in [1.54, 1.807) is 29.2 Å². The SMILES string of the molecule is CCN1C(=O)C2(c3ccccc31)c1c(oc3ccccc3c1=O)C(=O)N2CCCOC(C)C. The number of likely N-dealkylation sites (N-methyl/N-ethyl adjacent to an activating group) is 1. The van der Waals surface area contributed by atoms with Gasteiger partial charge in [-0.3, -0.25) is 14.4 Å². The lowest BCUT2D eigenvalue weighted by Crippen LogP contribution is -2.53. The van der Waals surface area contributed by atoms with Gasteiger partial charge in [0.2, 0.25) is 5.76 Å². The number of hydrogen-bond acceptors (Lipinski definition) is 5. The molecule has 0 radical (unpaired) electrons. The first-order chi connectivity index (χ1) is 15.9. The standard InChI is InChI=1S/C26H26N2O5/c1-4-27-19-12-7-6-11-18(19)26(25(27)31)21-22(29)17-10-5-8-13-20(17)33-23(21)24(30)28(26)14-9-15-32-16(2)3/h5-8,10-13,16H,4,9,14-15H2,1-3H3. The van der Waals surface area contributed by atoms with Crippen molar-refractivity contribution >= 4 is 28.5 Å². The van der Waals surface area contributed by atoms with E-state index in [4.69, 9.17) is 9.15 Å². The highest BCUT2D eigenvalue weighted by Gasteiger charge is 2.64. The average molecular weight is 447 g/mol. The minimum Gasteiger partial charge on any atom is -0.450 e. The molecule has 0 saturated carbocycles. The Labute approximate surface area is 191 Å². The van der Waals surface area contributed by atoms with E-state index in [1.165, 1.54) is 4.90 Å². The van der Waals surface area contributed by atoms with Crippen molar-refractivity contribution < 1.29 is 18.7 Å². The maximum Gasteiger partial charge on any atom is 0.291 e. The van der Waals surface area contributed by atoms with Crippen molar-refractivity contribution in [3.05, 3.63) is 75.6 Å². The smallest absolute Gasteiger partial charge is 0.291 e. The van der Waals surface area contributed by atoms with Gasteiger partial charge in [0, 0.05) is 25.3 Å². The number of nitrogens with zero attached hydrogens (tertiary/aromatic N) is 2. The van der Waals surface area contributed by atoms with Gasteiger partial charge in [-0.05, 0) is 45.4 Å². The summed E-state index contributed by atoms with van der Waals surface area (Å²) in [5.74, 6) is -0.797. The summed E-state index contributed by atoms with van der Waals surface area (Å²) in [6.45, 7) is 6.89. The van der Waals surface area contributed by atoms with Gasteiger partial charge >= 0.3 is 0 Å². The van der Waals surface area contributed by atoms with Crippen LogP contribution >= 0.6 is 0 Å². The predicted octanol–water partition coefficient (Wildman–Crippen LogP) is 3.67. The zero-order chi connectivity index (χ0) is 23.3. The van der Waals surface area contributed by atoms with Gasteiger partial charge in [-0.1, -0.05) is 30.3 Å². The number of carbonyl (C=O) groups excluding carboxylic acids is 2. The molecule has 0 saturated heterocycles. The van der Waals surface area contributed by atoms with Crippen LogP contribution in [0.15, 0.2) is 57.7 Å². The summed E-state index contributed by atoms with van der Waals surface area (Å²) in [6, 6.07) is 14.2. The van der Waals surface area contributed by atoms with Crippen LogP contribution in [-0.2, 0) is 15.1 Å². The number of carbonyl (C=O) groups is 2. The summed E-state index contributed by atoms with van der Waals surface area (Å²) < 4.78 is 11.7. The van der Waals surface area contributed by atoms with E-state index in [0.717, 1.165) is 0 Å². The molecule has 3 aromatic rings. The number of benzene rings is 2. The van der Waals surface area contributed by atoms with Crippen LogP contribution in [0.3, 0.4) is 0 Å². The molecule has 2 aliphatic heterocycles. The molecule has 1 aromatic heterocycles. The van der Waals surface area contributed by atoms with Crippen molar-refractivity contribution in [2.45, 2.75) is 38.8 Å². The summed E-state index contributed by atoms with van der Waals surface area (Å²) >= 11 is 0. The molecular weight excluding hydrogens is 420 g/mol. The molecule has 2 aromatic carbocycles. The number of amides is 2. The third-order valence-corrected chi connectivity index (χ3v) is 6.44. The summed E-state index contributed by atoms with van der Waals surface area (Å²) in [4.78, 5) is 44.8. The fourth-order valence-electron chi connectivity index (χ4n) is 5.09. The van der Waals surface area contributed by atoms with Gasteiger partial charge in [0.25, 0.3) is 11.8 Å². The van der Waals surface area contributed by atoms with E-state index >= 15 is 0 Å².